The van der Waals surface area contributed by atoms with E-state index < -0.39 is 0 Å². The SMILES string of the molecule is CN1CCC2(CC1)CC(=NO)c1ccccc1O2. The molecule has 1 aromatic rings. The van der Waals surface area contributed by atoms with Gasteiger partial charge in [-0.25, -0.2) is 0 Å². The van der Waals surface area contributed by atoms with E-state index in [-0.39, 0.29) is 5.60 Å². The van der Waals surface area contributed by atoms with Crippen LogP contribution in [0.15, 0.2) is 29.4 Å². The topological polar surface area (TPSA) is 45.1 Å². The molecule has 96 valence electrons. The molecule has 2 aliphatic rings. The molecule has 2 aliphatic heterocycles. The Balaban J connectivity index is 1.95. The van der Waals surface area contributed by atoms with Gasteiger partial charge in [-0.2, -0.15) is 0 Å². The van der Waals surface area contributed by atoms with Gasteiger partial charge in [0.05, 0.1) is 5.71 Å². The molecule has 1 N–H and O–H groups in total. The summed E-state index contributed by atoms with van der Waals surface area (Å²) in [5, 5.41) is 12.7. The third kappa shape index (κ3) is 1.86. The zero-order valence-corrected chi connectivity index (χ0v) is 10.6. The maximum Gasteiger partial charge on any atom is 0.129 e. The number of benzene rings is 1. The zero-order chi connectivity index (χ0) is 12.6. The van der Waals surface area contributed by atoms with E-state index >= 15 is 0 Å². The monoisotopic (exact) mass is 246 g/mol. The van der Waals surface area contributed by atoms with E-state index in [0.29, 0.717) is 6.42 Å². The smallest absolute Gasteiger partial charge is 0.129 e. The maximum absolute atomic E-state index is 9.23. The van der Waals surface area contributed by atoms with Crippen LogP contribution in [0.25, 0.3) is 0 Å². The average molecular weight is 246 g/mol. The summed E-state index contributed by atoms with van der Waals surface area (Å²) >= 11 is 0. The van der Waals surface area contributed by atoms with Crippen LogP contribution in [0.1, 0.15) is 24.8 Å². The van der Waals surface area contributed by atoms with E-state index in [2.05, 4.69) is 17.1 Å². The van der Waals surface area contributed by atoms with Crippen LogP contribution in [-0.2, 0) is 0 Å². The Morgan fingerprint density at radius 1 is 1.28 bits per heavy atom. The van der Waals surface area contributed by atoms with Crippen molar-refractivity contribution in [2.75, 3.05) is 20.1 Å². The van der Waals surface area contributed by atoms with Crippen LogP contribution in [0.4, 0.5) is 0 Å². The lowest BCUT2D eigenvalue weighted by molar-refractivity contribution is 0.00908. The maximum atomic E-state index is 9.23. The average Bonchev–Trinajstić information content (AvgIpc) is 2.41. The van der Waals surface area contributed by atoms with Gasteiger partial charge in [-0.1, -0.05) is 17.3 Å². The number of hydrogen-bond donors (Lipinski definition) is 1. The molecule has 18 heavy (non-hydrogen) atoms. The molecule has 0 bridgehead atoms. The van der Waals surface area contributed by atoms with Crippen LogP contribution in [-0.4, -0.2) is 41.6 Å². The molecular formula is C14H18N2O2. The Labute approximate surface area is 107 Å². The lowest BCUT2D eigenvalue weighted by Crippen LogP contribution is -2.50. The van der Waals surface area contributed by atoms with E-state index in [0.717, 1.165) is 43.0 Å². The lowest BCUT2D eigenvalue weighted by atomic mass is 9.82. The van der Waals surface area contributed by atoms with Gasteiger partial charge in [-0.3, -0.25) is 0 Å². The summed E-state index contributed by atoms with van der Waals surface area (Å²) < 4.78 is 6.22. The number of piperidine rings is 1. The van der Waals surface area contributed by atoms with Crippen LogP contribution in [0.3, 0.4) is 0 Å². The van der Waals surface area contributed by atoms with Gasteiger partial charge >= 0.3 is 0 Å². The first-order chi connectivity index (χ1) is 8.72. The van der Waals surface area contributed by atoms with Crippen molar-refractivity contribution in [2.45, 2.75) is 24.9 Å². The molecular weight excluding hydrogens is 228 g/mol. The van der Waals surface area contributed by atoms with Gasteiger partial charge < -0.3 is 14.8 Å². The van der Waals surface area contributed by atoms with Crippen molar-refractivity contribution in [1.29, 1.82) is 0 Å². The van der Waals surface area contributed by atoms with E-state index in [1.54, 1.807) is 0 Å². The molecule has 0 unspecified atom stereocenters. The van der Waals surface area contributed by atoms with Crippen LogP contribution in [0, 0.1) is 0 Å². The quantitative estimate of drug-likeness (QED) is 0.563. The van der Waals surface area contributed by atoms with Crippen molar-refractivity contribution >= 4 is 5.71 Å². The number of ether oxygens (including phenoxy) is 1. The highest BCUT2D eigenvalue weighted by Gasteiger charge is 2.41. The Morgan fingerprint density at radius 2 is 2.00 bits per heavy atom. The number of hydrogen-bond acceptors (Lipinski definition) is 4. The van der Waals surface area contributed by atoms with Gasteiger partial charge in [0.25, 0.3) is 0 Å². The molecule has 1 spiro atoms. The van der Waals surface area contributed by atoms with Crippen molar-refractivity contribution in [1.82, 2.24) is 4.90 Å². The minimum absolute atomic E-state index is 0.178. The van der Waals surface area contributed by atoms with Crippen molar-refractivity contribution in [3.05, 3.63) is 29.8 Å². The van der Waals surface area contributed by atoms with Crippen molar-refractivity contribution < 1.29 is 9.94 Å². The summed E-state index contributed by atoms with van der Waals surface area (Å²) in [5.74, 6) is 0.848. The van der Waals surface area contributed by atoms with Crippen LogP contribution in [0.5, 0.6) is 5.75 Å². The predicted octanol–water partition coefficient (Wildman–Crippen LogP) is 2.11. The molecule has 0 aromatic heterocycles. The Bertz CT molecular complexity index is 476. The second kappa shape index (κ2) is 4.28. The Morgan fingerprint density at radius 3 is 2.72 bits per heavy atom. The fraction of sp³-hybridized carbons (Fsp3) is 0.500. The number of para-hydroxylation sites is 1. The summed E-state index contributed by atoms with van der Waals surface area (Å²) in [6.45, 7) is 2.06. The summed E-state index contributed by atoms with van der Waals surface area (Å²) in [4.78, 5) is 2.31. The van der Waals surface area contributed by atoms with E-state index in [1.165, 1.54) is 0 Å². The van der Waals surface area contributed by atoms with Gasteiger partial charge in [0, 0.05) is 37.9 Å². The fourth-order valence-electron chi connectivity index (χ4n) is 2.86. The fourth-order valence-corrected chi connectivity index (χ4v) is 2.86. The molecule has 4 heteroatoms. The summed E-state index contributed by atoms with van der Waals surface area (Å²) in [5.41, 5.74) is 1.49. The summed E-state index contributed by atoms with van der Waals surface area (Å²) in [6, 6.07) is 7.81. The first kappa shape index (κ1) is 11.5. The largest absolute Gasteiger partial charge is 0.486 e. The van der Waals surface area contributed by atoms with E-state index in [4.69, 9.17) is 4.74 Å². The van der Waals surface area contributed by atoms with Gasteiger partial charge in [0.2, 0.25) is 0 Å². The second-order valence-electron chi connectivity index (χ2n) is 5.31. The number of oxime groups is 1. The highest BCUT2D eigenvalue weighted by atomic mass is 16.5. The molecule has 0 radical (unpaired) electrons. The molecule has 2 heterocycles. The van der Waals surface area contributed by atoms with E-state index in [9.17, 15) is 5.21 Å². The third-order valence-corrected chi connectivity index (χ3v) is 4.03. The first-order valence-corrected chi connectivity index (χ1v) is 6.40. The highest BCUT2D eigenvalue weighted by molar-refractivity contribution is 6.04. The second-order valence-corrected chi connectivity index (χ2v) is 5.31. The van der Waals surface area contributed by atoms with Gasteiger partial charge in [0.1, 0.15) is 11.4 Å². The summed E-state index contributed by atoms with van der Waals surface area (Å²) in [6.07, 6.45) is 2.67. The van der Waals surface area contributed by atoms with Gasteiger partial charge in [-0.05, 0) is 19.2 Å². The molecule has 3 rings (SSSR count). The van der Waals surface area contributed by atoms with Crippen LogP contribution in [0.2, 0.25) is 0 Å². The summed E-state index contributed by atoms with van der Waals surface area (Å²) in [7, 11) is 2.13. The standard InChI is InChI=1S/C14H18N2O2/c1-16-8-6-14(7-9-16)10-12(15-17)11-4-2-3-5-13(11)18-14/h2-5,17H,6-10H2,1H3. The molecule has 1 fully saturated rings. The third-order valence-electron chi connectivity index (χ3n) is 4.03. The predicted molar refractivity (Wildman–Crippen MR) is 69.5 cm³/mol. The van der Waals surface area contributed by atoms with Crippen LogP contribution < -0.4 is 4.74 Å². The van der Waals surface area contributed by atoms with Crippen LogP contribution >= 0.6 is 0 Å². The molecule has 1 aromatic carbocycles. The molecule has 0 amide bonds. The first-order valence-electron chi connectivity index (χ1n) is 6.40. The normalized spacial score (nSPS) is 24.8. The zero-order valence-electron chi connectivity index (χ0n) is 10.6. The van der Waals surface area contributed by atoms with Gasteiger partial charge in [-0.15, -0.1) is 0 Å². The minimum atomic E-state index is -0.178. The number of nitrogens with zero attached hydrogens (tertiary/aromatic N) is 2. The Kier molecular flexibility index (Phi) is 2.74. The molecule has 4 nitrogen and oxygen atoms in total. The number of likely N-dealkylation sites (tertiary alicyclic amines) is 1. The molecule has 0 aliphatic carbocycles. The Hall–Kier alpha value is -1.55. The number of fused-ring (bicyclic) bond motifs is 1. The van der Waals surface area contributed by atoms with Crippen molar-refractivity contribution in [2.24, 2.45) is 5.16 Å². The molecule has 0 atom stereocenters. The lowest BCUT2D eigenvalue weighted by Gasteiger charge is -2.43. The molecule has 0 saturated carbocycles. The van der Waals surface area contributed by atoms with Crippen molar-refractivity contribution in [3.8, 4) is 5.75 Å². The van der Waals surface area contributed by atoms with Crippen molar-refractivity contribution in [3.63, 3.8) is 0 Å². The minimum Gasteiger partial charge on any atom is -0.486 e. The molecule has 1 saturated heterocycles. The highest BCUT2D eigenvalue weighted by Crippen LogP contribution is 2.39. The number of rotatable bonds is 0. The van der Waals surface area contributed by atoms with E-state index in [1.807, 2.05) is 24.3 Å². The van der Waals surface area contributed by atoms with Gasteiger partial charge in [0.15, 0.2) is 0 Å².